The molecular formula is C12H11BrN4O2. The number of nitrogens with zero attached hydrogens (tertiary/aromatic N) is 2. The summed E-state index contributed by atoms with van der Waals surface area (Å²) in [5.74, 6) is 0.410. The van der Waals surface area contributed by atoms with E-state index in [1.54, 1.807) is 0 Å². The Bertz CT molecular complexity index is 618. The number of nitrogens with two attached hydrogens (primary N) is 1. The van der Waals surface area contributed by atoms with E-state index in [4.69, 9.17) is 5.73 Å². The van der Waals surface area contributed by atoms with Gasteiger partial charge in [-0.1, -0.05) is 28.1 Å². The van der Waals surface area contributed by atoms with Crippen molar-refractivity contribution in [3.63, 3.8) is 0 Å². The SMILES string of the molecule is Nc1ccc([N+](=O)[O-])c(NCc2cccc(Br)c2)n1. The molecule has 1 aromatic carbocycles. The van der Waals surface area contributed by atoms with E-state index in [9.17, 15) is 10.1 Å². The van der Waals surface area contributed by atoms with Crippen LogP contribution in [0.2, 0.25) is 0 Å². The summed E-state index contributed by atoms with van der Waals surface area (Å²) in [7, 11) is 0. The lowest BCUT2D eigenvalue weighted by Crippen LogP contribution is -2.06. The van der Waals surface area contributed by atoms with Crippen LogP contribution in [-0.2, 0) is 6.54 Å². The van der Waals surface area contributed by atoms with Crippen LogP contribution in [0.4, 0.5) is 17.3 Å². The van der Waals surface area contributed by atoms with Gasteiger partial charge in [0.05, 0.1) is 4.92 Å². The van der Waals surface area contributed by atoms with E-state index in [2.05, 4.69) is 26.2 Å². The van der Waals surface area contributed by atoms with Gasteiger partial charge in [0.1, 0.15) is 5.82 Å². The van der Waals surface area contributed by atoms with E-state index in [1.807, 2.05) is 24.3 Å². The van der Waals surface area contributed by atoms with Crippen molar-refractivity contribution in [1.82, 2.24) is 4.98 Å². The van der Waals surface area contributed by atoms with Crippen LogP contribution < -0.4 is 11.1 Å². The number of anilines is 2. The van der Waals surface area contributed by atoms with Crippen LogP contribution in [0.15, 0.2) is 40.9 Å². The van der Waals surface area contributed by atoms with Crippen LogP contribution in [0, 0.1) is 10.1 Å². The second kappa shape index (κ2) is 5.66. The van der Waals surface area contributed by atoms with Gasteiger partial charge in [-0.15, -0.1) is 0 Å². The van der Waals surface area contributed by atoms with Crippen LogP contribution in [-0.4, -0.2) is 9.91 Å². The van der Waals surface area contributed by atoms with E-state index in [-0.39, 0.29) is 17.3 Å². The van der Waals surface area contributed by atoms with Crippen LogP contribution in [0.5, 0.6) is 0 Å². The standard InChI is InChI=1S/C12H11BrN4O2/c13-9-3-1-2-8(6-9)7-15-12-10(17(18)19)4-5-11(14)16-12/h1-6H,7H2,(H3,14,15,16). The summed E-state index contributed by atoms with van der Waals surface area (Å²) in [4.78, 5) is 14.3. The lowest BCUT2D eigenvalue weighted by molar-refractivity contribution is -0.384. The van der Waals surface area contributed by atoms with Crippen molar-refractivity contribution in [1.29, 1.82) is 0 Å². The molecule has 1 aromatic heterocycles. The average Bonchev–Trinajstić information content (AvgIpc) is 2.36. The topological polar surface area (TPSA) is 94.1 Å². The van der Waals surface area contributed by atoms with E-state index in [0.717, 1.165) is 10.0 Å². The monoisotopic (exact) mass is 322 g/mol. The van der Waals surface area contributed by atoms with Crippen molar-refractivity contribution in [3.8, 4) is 0 Å². The molecule has 0 radical (unpaired) electrons. The quantitative estimate of drug-likeness (QED) is 0.666. The Morgan fingerprint density at radius 3 is 2.84 bits per heavy atom. The molecule has 0 unspecified atom stereocenters. The normalized spacial score (nSPS) is 10.2. The number of hydrogen-bond donors (Lipinski definition) is 2. The van der Waals surface area contributed by atoms with E-state index < -0.39 is 4.92 Å². The zero-order valence-corrected chi connectivity index (χ0v) is 11.4. The average molecular weight is 323 g/mol. The molecule has 0 aliphatic carbocycles. The van der Waals surface area contributed by atoms with Gasteiger partial charge in [-0.3, -0.25) is 10.1 Å². The molecule has 0 amide bonds. The predicted octanol–water partition coefficient (Wildman–Crippen LogP) is 2.95. The number of nitrogens with one attached hydrogen (secondary N) is 1. The van der Waals surface area contributed by atoms with Gasteiger partial charge in [0.15, 0.2) is 0 Å². The molecule has 0 aliphatic rings. The van der Waals surface area contributed by atoms with E-state index in [0.29, 0.717) is 6.54 Å². The summed E-state index contributed by atoms with van der Waals surface area (Å²) in [5.41, 5.74) is 6.43. The molecular weight excluding hydrogens is 312 g/mol. The highest BCUT2D eigenvalue weighted by atomic mass is 79.9. The number of rotatable bonds is 4. The minimum atomic E-state index is -0.490. The molecule has 0 spiro atoms. The van der Waals surface area contributed by atoms with Gasteiger partial charge in [0.25, 0.3) is 0 Å². The van der Waals surface area contributed by atoms with Crippen molar-refractivity contribution in [2.24, 2.45) is 0 Å². The maximum atomic E-state index is 10.9. The molecule has 3 N–H and O–H groups in total. The van der Waals surface area contributed by atoms with E-state index in [1.165, 1.54) is 12.1 Å². The number of pyridine rings is 1. The Labute approximate surface area is 117 Å². The molecule has 19 heavy (non-hydrogen) atoms. The van der Waals surface area contributed by atoms with Gasteiger partial charge in [0.2, 0.25) is 5.82 Å². The van der Waals surface area contributed by atoms with Crippen LogP contribution in [0.3, 0.4) is 0 Å². The third kappa shape index (κ3) is 3.41. The molecule has 0 fully saturated rings. The fraction of sp³-hybridized carbons (Fsp3) is 0.0833. The Morgan fingerprint density at radius 1 is 1.37 bits per heavy atom. The first-order valence-electron chi connectivity index (χ1n) is 5.45. The summed E-state index contributed by atoms with van der Waals surface area (Å²) < 4.78 is 0.946. The molecule has 6 nitrogen and oxygen atoms in total. The van der Waals surface area contributed by atoms with Gasteiger partial charge >= 0.3 is 5.69 Å². The molecule has 0 aliphatic heterocycles. The van der Waals surface area contributed by atoms with Crippen LogP contribution >= 0.6 is 15.9 Å². The highest BCUT2D eigenvalue weighted by Gasteiger charge is 2.14. The number of halogens is 1. The predicted molar refractivity (Wildman–Crippen MR) is 76.8 cm³/mol. The maximum absolute atomic E-state index is 10.9. The Hall–Kier alpha value is -2.15. The Morgan fingerprint density at radius 2 is 2.16 bits per heavy atom. The number of nitro groups is 1. The lowest BCUT2D eigenvalue weighted by Gasteiger charge is -2.07. The largest absolute Gasteiger partial charge is 0.384 e. The fourth-order valence-corrected chi connectivity index (χ4v) is 2.02. The first-order chi connectivity index (χ1) is 9.06. The van der Waals surface area contributed by atoms with Crippen LogP contribution in [0.1, 0.15) is 5.56 Å². The minimum Gasteiger partial charge on any atom is -0.384 e. The number of hydrogen-bond acceptors (Lipinski definition) is 5. The molecule has 1 heterocycles. The summed E-state index contributed by atoms with van der Waals surface area (Å²) >= 11 is 3.37. The van der Waals surface area contributed by atoms with Crippen molar-refractivity contribution in [3.05, 3.63) is 56.5 Å². The van der Waals surface area contributed by atoms with Crippen molar-refractivity contribution < 1.29 is 4.92 Å². The summed E-state index contributed by atoms with van der Waals surface area (Å²) in [6.07, 6.45) is 0. The van der Waals surface area contributed by atoms with Crippen molar-refractivity contribution in [2.45, 2.75) is 6.54 Å². The first-order valence-corrected chi connectivity index (χ1v) is 6.25. The highest BCUT2D eigenvalue weighted by Crippen LogP contribution is 2.23. The molecule has 0 bridgehead atoms. The molecule has 0 saturated heterocycles. The fourth-order valence-electron chi connectivity index (χ4n) is 1.58. The summed E-state index contributed by atoms with van der Waals surface area (Å²) in [5, 5.41) is 13.8. The molecule has 98 valence electrons. The van der Waals surface area contributed by atoms with Gasteiger partial charge in [-0.2, -0.15) is 0 Å². The number of nitrogen functional groups attached to an aromatic ring is 1. The molecule has 2 aromatic rings. The minimum absolute atomic E-state index is 0.0933. The molecule has 7 heteroatoms. The Balaban J connectivity index is 2.19. The third-order valence-electron chi connectivity index (χ3n) is 2.44. The van der Waals surface area contributed by atoms with Gasteiger partial charge in [0, 0.05) is 17.1 Å². The molecule has 0 saturated carbocycles. The van der Waals surface area contributed by atoms with Gasteiger partial charge in [-0.05, 0) is 23.8 Å². The highest BCUT2D eigenvalue weighted by molar-refractivity contribution is 9.10. The van der Waals surface area contributed by atoms with Crippen molar-refractivity contribution in [2.75, 3.05) is 11.1 Å². The zero-order valence-electron chi connectivity index (χ0n) is 9.84. The van der Waals surface area contributed by atoms with Gasteiger partial charge < -0.3 is 11.1 Å². The summed E-state index contributed by atoms with van der Waals surface area (Å²) in [6.45, 7) is 0.427. The Kier molecular flexibility index (Phi) is 3.96. The van der Waals surface area contributed by atoms with Crippen LogP contribution in [0.25, 0.3) is 0 Å². The second-order valence-corrected chi connectivity index (χ2v) is 4.76. The smallest absolute Gasteiger partial charge is 0.311 e. The lowest BCUT2D eigenvalue weighted by atomic mass is 10.2. The van der Waals surface area contributed by atoms with E-state index >= 15 is 0 Å². The summed E-state index contributed by atoms with van der Waals surface area (Å²) in [6, 6.07) is 10.4. The number of benzene rings is 1. The zero-order chi connectivity index (χ0) is 13.8. The maximum Gasteiger partial charge on any atom is 0.311 e. The first kappa shape index (κ1) is 13.3. The molecule has 0 atom stereocenters. The third-order valence-corrected chi connectivity index (χ3v) is 2.93. The number of aromatic nitrogens is 1. The molecule has 2 rings (SSSR count). The van der Waals surface area contributed by atoms with Crippen molar-refractivity contribution >= 4 is 33.3 Å². The van der Waals surface area contributed by atoms with Gasteiger partial charge in [-0.25, -0.2) is 4.98 Å². The second-order valence-electron chi connectivity index (χ2n) is 3.84.